The number of tetrazole rings is 1. The van der Waals surface area contributed by atoms with Crippen LogP contribution in [0.1, 0.15) is 19.4 Å². The molecule has 0 bridgehead atoms. The highest BCUT2D eigenvalue weighted by Gasteiger charge is 2.12. The lowest BCUT2D eigenvalue weighted by molar-refractivity contribution is 0.228. The fourth-order valence-corrected chi connectivity index (χ4v) is 2.29. The van der Waals surface area contributed by atoms with Crippen molar-refractivity contribution in [1.29, 1.82) is 0 Å². The Morgan fingerprint density at radius 1 is 1.43 bits per heavy atom. The standard InChI is InChI=1S/C12H15IN6O2/c1-7(2)21-11-9(13)4-8(5-10(11)20-3)6-14-15-12-16-18-19-17-12/h4-7H,1-3H3,(H2,15,16,17,18,19)/b14-6+. The molecule has 0 spiro atoms. The normalized spacial score (nSPS) is 11.1. The summed E-state index contributed by atoms with van der Waals surface area (Å²) in [6.45, 7) is 3.94. The lowest BCUT2D eigenvalue weighted by atomic mass is 10.2. The molecule has 0 saturated carbocycles. The Kier molecular flexibility index (Phi) is 5.31. The molecule has 21 heavy (non-hydrogen) atoms. The number of nitrogens with one attached hydrogen (secondary N) is 2. The van der Waals surface area contributed by atoms with Crippen molar-refractivity contribution in [2.24, 2.45) is 5.10 Å². The van der Waals surface area contributed by atoms with Crippen LogP contribution in [-0.2, 0) is 0 Å². The van der Waals surface area contributed by atoms with Crippen molar-refractivity contribution in [1.82, 2.24) is 20.6 Å². The van der Waals surface area contributed by atoms with Crippen LogP contribution in [0.3, 0.4) is 0 Å². The van der Waals surface area contributed by atoms with Crippen molar-refractivity contribution in [3.63, 3.8) is 0 Å². The molecule has 0 aliphatic rings. The Hall–Kier alpha value is -1.91. The lowest BCUT2D eigenvalue weighted by Crippen LogP contribution is -2.08. The van der Waals surface area contributed by atoms with Crippen molar-refractivity contribution in [3.05, 3.63) is 21.3 Å². The summed E-state index contributed by atoms with van der Waals surface area (Å²) in [6.07, 6.45) is 1.71. The van der Waals surface area contributed by atoms with Gasteiger partial charge in [-0.15, -0.1) is 5.10 Å². The number of aromatic amines is 1. The lowest BCUT2D eigenvalue weighted by Gasteiger charge is -2.15. The minimum Gasteiger partial charge on any atom is -0.493 e. The highest BCUT2D eigenvalue weighted by Crippen LogP contribution is 2.34. The summed E-state index contributed by atoms with van der Waals surface area (Å²) >= 11 is 2.20. The van der Waals surface area contributed by atoms with Crippen molar-refractivity contribution < 1.29 is 9.47 Å². The van der Waals surface area contributed by atoms with Gasteiger partial charge in [0.25, 0.3) is 5.95 Å². The van der Waals surface area contributed by atoms with Gasteiger partial charge in [0.15, 0.2) is 11.5 Å². The average molecular weight is 402 g/mol. The molecule has 0 amide bonds. The van der Waals surface area contributed by atoms with Gasteiger partial charge in [0.2, 0.25) is 0 Å². The van der Waals surface area contributed by atoms with Crippen LogP contribution in [0, 0.1) is 3.57 Å². The largest absolute Gasteiger partial charge is 0.493 e. The minimum atomic E-state index is 0.0758. The molecule has 0 unspecified atom stereocenters. The molecule has 0 saturated heterocycles. The number of benzene rings is 1. The number of anilines is 1. The number of hydrogen-bond acceptors (Lipinski definition) is 7. The van der Waals surface area contributed by atoms with Crippen LogP contribution < -0.4 is 14.9 Å². The minimum absolute atomic E-state index is 0.0758. The topological polar surface area (TPSA) is 97.3 Å². The molecule has 0 aliphatic carbocycles. The van der Waals surface area contributed by atoms with E-state index in [4.69, 9.17) is 9.47 Å². The number of ether oxygens (including phenoxy) is 2. The van der Waals surface area contributed by atoms with Gasteiger partial charge in [-0.1, -0.05) is 5.10 Å². The summed E-state index contributed by atoms with van der Waals surface area (Å²) in [7, 11) is 1.61. The second-order valence-electron chi connectivity index (χ2n) is 4.31. The zero-order valence-corrected chi connectivity index (χ0v) is 14.0. The number of methoxy groups -OCH3 is 1. The Morgan fingerprint density at radius 3 is 2.86 bits per heavy atom. The first-order valence-electron chi connectivity index (χ1n) is 6.17. The first kappa shape index (κ1) is 15.5. The van der Waals surface area contributed by atoms with Crippen molar-refractivity contribution in [2.45, 2.75) is 20.0 Å². The Bertz CT molecular complexity index is 614. The van der Waals surface area contributed by atoms with Gasteiger partial charge in [-0.25, -0.2) is 5.43 Å². The average Bonchev–Trinajstić information content (AvgIpc) is 2.94. The molecule has 8 nitrogen and oxygen atoms in total. The molecule has 0 aliphatic heterocycles. The summed E-state index contributed by atoms with van der Waals surface area (Å²) in [4.78, 5) is 0. The van der Waals surface area contributed by atoms with E-state index >= 15 is 0 Å². The van der Waals surface area contributed by atoms with E-state index in [0.29, 0.717) is 11.7 Å². The Labute approximate surface area is 135 Å². The van der Waals surface area contributed by atoms with Gasteiger partial charge < -0.3 is 9.47 Å². The van der Waals surface area contributed by atoms with E-state index in [9.17, 15) is 0 Å². The van der Waals surface area contributed by atoms with E-state index in [0.717, 1.165) is 14.9 Å². The molecule has 2 aromatic rings. The van der Waals surface area contributed by atoms with Crippen LogP contribution in [0.4, 0.5) is 5.95 Å². The fourth-order valence-electron chi connectivity index (χ4n) is 1.54. The van der Waals surface area contributed by atoms with Gasteiger partial charge in [-0.3, -0.25) is 0 Å². The molecule has 0 atom stereocenters. The highest BCUT2D eigenvalue weighted by atomic mass is 127. The first-order chi connectivity index (χ1) is 10.1. The molecule has 2 rings (SSSR count). The number of aromatic nitrogens is 4. The van der Waals surface area contributed by atoms with Gasteiger partial charge in [0.05, 0.1) is 23.0 Å². The fraction of sp³-hybridized carbons (Fsp3) is 0.333. The quantitative estimate of drug-likeness (QED) is 0.436. The van der Waals surface area contributed by atoms with Crippen LogP contribution >= 0.6 is 22.6 Å². The van der Waals surface area contributed by atoms with Crippen LogP contribution in [-0.4, -0.2) is 40.1 Å². The number of nitrogens with zero attached hydrogens (tertiary/aromatic N) is 4. The molecule has 0 radical (unpaired) electrons. The monoisotopic (exact) mass is 402 g/mol. The molecular weight excluding hydrogens is 387 g/mol. The second-order valence-corrected chi connectivity index (χ2v) is 5.47. The molecule has 1 aromatic carbocycles. The van der Waals surface area contributed by atoms with Gasteiger partial charge in [0, 0.05) is 0 Å². The number of H-pyrrole nitrogens is 1. The Morgan fingerprint density at radius 2 is 2.24 bits per heavy atom. The molecule has 2 N–H and O–H groups in total. The van der Waals surface area contributed by atoms with Crippen LogP contribution in [0.25, 0.3) is 0 Å². The predicted octanol–water partition coefficient (Wildman–Crippen LogP) is 2.05. The van der Waals surface area contributed by atoms with E-state index in [1.54, 1.807) is 13.3 Å². The maximum atomic E-state index is 5.76. The summed E-state index contributed by atoms with van der Waals surface area (Å²) in [5.74, 6) is 1.70. The van der Waals surface area contributed by atoms with E-state index in [1.165, 1.54) is 0 Å². The first-order valence-corrected chi connectivity index (χ1v) is 7.24. The maximum absolute atomic E-state index is 5.76. The van der Waals surface area contributed by atoms with Crippen molar-refractivity contribution in [2.75, 3.05) is 12.5 Å². The van der Waals surface area contributed by atoms with E-state index in [2.05, 4.69) is 53.7 Å². The molecule has 1 heterocycles. The number of hydrazone groups is 1. The SMILES string of the molecule is COc1cc(/C=N/Nc2nn[nH]n2)cc(I)c1OC(C)C. The van der Waals surface area contributed by atoms with Crippen LogP contribution in [0.5, 0.6) is 11.5 Å². The zero-order chi connectivity index (χ0) is 15.2. The van der Waals surface area contributed by atoms with Crippen LogP contribution in [0.15, 0.2) is 17.2 Å². The molecule has 1 aromatic heterocycles. The molecule has 0 fully saturated rings. The van der Waals surface area contributed by atoms with Crippen molar-refractivity contribution >= 4 is 34.8 Å². The smallest absolute Gasteiger partial charge is 0.283 e. The molecule has 9 heteroatoms. The van der Waals surface area contributed by atoms with E-state index < -0.39 is 0 Å². The number of hydrogen-bond donors (Lipinski definition) is 2. The zero-order valence-electron chi connectivity index (χ0n) is 11.8. The predicted molar refractivity (Wildman–Crippen MR) is 86.9 cm³/mol. The second kappa shape index (κ2) is 7.20. The third-order valence-electron chi connectivity index (χ3n) is 2.33. The summed E-state index contributed by atoms with van der Waals surface area (Å²) in [5, 5.41) is 17.2. The number of rotatable bonds is 6. The number of halogens is 1. The van der Waals surface area contributed by atoms with Gasteiger partial charge in [0.1, 0.15) is 0 Å². The summed E-state index contributed by atoms with van der Waals surface area (Å²) in [6, 6.07) is 3.80. The van der Waals surface area contributed by atoms with Gasteiger partial charge in [-0.2, -0.15) is 10.3 Å². The van der Waals surface area contributed by atoms with E-state index in [-0.39, 0.29) is 6.10 Å². The maximum Gasteiger partial charge on any atom is 0.283 e. The van der Waals surface area contributed by atoms with Crippen molar-refractivity contribution in [3.8, 4) is 11.5 Å². The molecule has 112 valence electrons. The third kappa shape index (κ3) is 4.28. The third-order valence-corrected chi connectivity index (χ3v) is 3.13. The van der Waals surface area contributed by atoms with E-state index in [1.807, 2.05) is 26.0 Å². The highest BCUT2D eigenvalue weighted by molar-refractivity contribution is 14.1. The molecular formula is C12H15IN6O2. The van der Waals surface area contributed by atoms with Gasteiger partial charge >= 0.3 is 0 Å². The summed E-state index contributed by atoms with van der Waals surface area (Å²) in [5.41, 5.74) is 3.52. The summed E-state index contributed by atoms with van der Waals surface area (Å²) < 4.78 is 12.1. The van der Waals surface area contributed by atoms with Gasteiger partial charge in [-0.05, 0) is 59.3 Å². The van der Waals surface area contributed by atoms with Crippen LogP contribution in [0.2, 0.25) is 0 Å². The Balaban J connectivity index is 2.17.